The number of nitrogen functional groups attached to an aromatic ring is 1. The summed E-state index contributed by atoms with van der Waals surface area (Å²) in [6.45, 7) is 1.54. The van der Waals surface area contributed by atoms with Crippen molar-refractivity contribution in [2.24, 2.45) is 5.84 Å². The highest BCUT2D eigenvalue weighted by Crippen LogP contribution is 2.38. The van der Waals surface area contributed by atoms with E-state index in [0.29, 0.717) is 23.7 Å². The highest BCUT2D eigenvalue weighted by molar-refractivity contribution is 5.65. The third-order valence-corrected chi connectivity index (χ3v) is 3.88. The van der Waals surface area contributed by atoms with Gasteiger partial charge < -0.3 is 19.8 Å². The molecule has 7 heteroatoms. The Kier molecular flexibility index (Phi) is 3.39. The van der Waals surface area contributed by atoms with Crippen LogP contribution in [0.25, 0.3) is 0 Å². The van der Waals surface area contributed by atoms with E-state index in [0.717, 1.165) is 31.8 Å². The second kappa shape index (κ2) is 5.18. The van der Waals surface area contributed by atoms with Gasteiger partial charge in [-0.15, -0.1) is 0 Å². The number of morpholine rings is 1. The van der Waals surface area contributed by atoms with Gasteiger partial charge in [-0.1, -0.05) is 0 Å². The molecule has 0 amide bonds. The molecule has 2 atom stereocenters. The largest absolute Gasteiger partial charge is 0.490 e. The number of nitrogens with one attached hydrogen (secondary N) is 1. The van der Waals surface area contributed by atoms with Crippen molar-refractivity contribution < 1.29 is 9.47 Å². The predicted molar refractivity (Wildman–Crippen MR) is 71.1 cm³/mol. The molecule has 2 heterocycles. The lowest BCUT2D eigenvalue weighted by atomic mass is 10.1. The Morgan fingerprint density at radius 1 is 1.47 bits per heavy atom. The zero-order chi connectivity index (χ0) is 13.2. The van der Waals surface area contributed by atoms with Crippen molar-refractivity contribution in [3.63, 3.8) is 0 Å². The van der Waals surface area contributed by atoms with Crippen molar-refractivity contribution in [1.82, 2.24) is 9.97 Å². The summed E-state index contributed by atoms with van der Waals surface area (Å²) < 4.78 is 11.2. The molecule has 3 rings (SSSR count). The summed E-state index contributed by atoms with van der Waals surface area (Å²) in [4.78, 5) is 10.7. The minimum absolute atomic E-state index is 0.308. The maximum atomic E-state index is 5.82. The molecule has 1 aliphatic heterocycles. The van der Waals surface area contributed by atoms with Crippen LogP contribution in [0.5, 0.6) is 5.75 Å². The van der Waals surface area contributed by atoms with Crippen LogP contribution < -0.4 is 20.9 Å². The van der Waals surface area contributed by atoms with E-state index in [1.165, 1.54) is 12.7 Å². The maximum Gasteiger partial charge on any atom is 0.205 e. The number of aromatic nitrogens is 2. The first-order valence-corrected chi connectivity index (χ1v) is 6.59. The number of nitrogens with zero attached hydrogens (tertiary/aromatic N) is 3. The predicted octanol–water partition coefficient (Wildman–Crippen LogP) is 0.528. The van der Waals surface area contributed by atoms with Gasteiger partial charge in [0.1, 0.15) is 6.33 Å². The molecule has 0 aromatic carbocycles. The number of methoxy groups -OCH3 is 1. The lowest BCUT2D eigenvalue weighted by molar-refractivity contribution is 0.0251. The van der Waals surface area contributed by atoms with Gasteiger partial charge >= 0.3 is 0 Å². The number of nitrogens with two attached hydrogens (primary N) is 1. The van der Waals surface area contributed by atoms with Crippen LogP contribution in [0.15, 0.2) is 6.33 Å². The quantitative estimate of drug-likeness (QED) is 0.609. The lowest BCUT2D eigenvalue weighted by Crippen LogP contribution is -2.49. The number of anilines is 2. The fraction of sp³-hybridized carbons (Fsp3) is 0.667. The molecule has 19 heavy (non-hydrogen) atoms. The van der Waals surface area contributed by atoms with Crippen molar-refractivity contribution in [3.05, 3.63) is 6.33 Å². The molecule has 2 unspecified atom stereocenters. The van der Waals surface area contributed by atoms with E-state index in [4.69, 9.17) is 15.3 Å². The van der Waals surface area contributed by atoms with E-state index in [-0.39, 0.29) is 0 Å². The molecule has 1 aromatic heterocycles. The molecule has 2 fully saturated rings. The molecular weight excluding hydrogens is 246 g/mol. The van der Waals surface area contributed by atoms with Gasteiger partial charge in [0.15, 0.2) is 11.6 Å². The van der Waals surface area contributed by atoms with Crippen molar-refractivity contribution >= 4 is 11.6 Å². The van der Waals surface area contributed by atoms with Gasteiger partial charge in [0.05, 0.1) is 25.9 Å². The highest BCUT2D eigenvalue weighted by atomic mass is 16.5. The molecular formula is C12H19N5O2. The summed E-state index contributed by atoms with van der Waals surface area (Å²) in [5.74, 6) is 7.37. The molecule has 1 saturated heterocycles. The molecule has 1 aromatic rings. The molecule has 0 bridgehead atoms. The molecule has 1 aliphatic carbocycles. The van der Waals surface area contributed by atoms with Crippen LogP contribution in [0.4, 0.5) is 11.6 Å². The number of hydrazine groups is 1. The van der Waals surface area contributed by atoms with Crippen LogP contribution in [0.3, 0.4) is 0 Å². The van der Waals surface area contributed by atoms with E-state index in [1.54, 1.807) is 7.11 Å². The van der Waals surface area contributed by atoms with E-state index >= 15 is 0 Å². The first kappa shape index (κ1) is 12.4. The third-order valence-electron chi connectivity index (χ3n) is 3.88. The minimum atomic E-state index is 0.308. The van der Waals surface area contributed by atoms with Crippen LogP contribution in [0, 0.1) is 0 Å². The van der Waals surface area contributed by atoms with Gasteiger partial charge in [0, 0.05) is 6.54 Å². The fourth-order valence-corrected chi connectivity index (χ4v) is 3.05. The summed E-state index contributed by atoms with van der Waals surface area (Å²) in [5, 5.41) is 0. The van der Waals surface area contributed by atoms with Crippen molar-refractivity contribution in [3.8, 4) is 5.75 Å². The summed E-state index contributed by atoms with van der Waals surface area (Å²) in [7, 11) is 1.61. The van der Waals surface area contributed by atoms with Gasteiger partial charge in [-0.3, -0.25) is 0 Å². The van der Waals surface area contributed by atoms with Crippen molar-refractivity contribution in [2.45, 2.75) is 31.4 Å². The van der Waals surface area contributed by atoms with Gasteiger partial charge in [-0.2, -0.15) is 0 Å². The summed E-state index contributed by atoms with van der Waals surface area (Å²) in [6, 6.07) is 0.378. The van der Waals surface area contributed by atoms with Crippen LogP contribution in [0.1, 0.15) is 19.3 Å². The molecule has 104 valence electrons. The highest BCUT2D eigenvalue weighted by Gasteiger charge is 2.38. The summed E-state index contributed by atoms with van der Waals surface area (Å²) in [6.07, 6.45) is 5.26. The molecule has 0 radical (unpaired) electrons. The average molecular weight is 265 g/mol. The van der Waals surface area contributed by atoms with Crippen LogP contribution >= 0.6 is 0 Å². The SMILES string of the molecule is COc1c(NN)ncnc1N1CCOC2CCCC21. The number of fused-ring (bicyclic) bond motifs is 1. The van der Waals surface area contributed by atoms with Crippen LogP contribution in [-0.2, 0) is 4.74 Å². The zero-order valence-corrected chi connectivity index (χ0v) is 11.0. The molecule has 0 spiro atoms. The lowest BCUT2D eigenvalue weighted by Gasteiger charge is -2.38. The average Bonchev–Trinajstić information content (AvgIpc) is 2.94. The standard InChI is InChI=1S/C12H19N5O2/c1-18-10-11(16-13)14-7-15-12(10)17-5-6-19-9-4-2-3-8(9)17/h7-9H,2-6,13H2,1H3,(H,14,15,16). The Balaban J connectivity index is 1.96. The maximum absolute atomic E-state index is 5.82. The monoisotopic (exact) mass is 265 g/mol. The molecule has 1 saturated carbocycles. The second-order valence-corrected chi connectivity index (χ2v) is 4.82. The zero-order valence-electron chi connectivity index (χ0n) is 11.0. The van der Waals surface area contributed by atoms with E-state index in [1.807, 2.05) is 0 Å². The number of hydrogen-bond donors (Lipinski definition) is 2. The molecule has 3 N–H and O–H groups in total. The first-order chi connectivity index (χ1) is 9.35. The van der Waals surface area contributed by atoms with E-state index < -0.39 is 0 Å². The Labute approximate surface area is 112 Å². The summed E-state index contributed by atoms with van der Waals surface area (Å²) in [5.41, 5.74) is 2.55. The summed E-state index contributed by atoms with van der Waals surface area (Å²) >= 11 is 0. The van der Waals surface area contributed by atoms with Crippen LogP contribution in [0.2, 0.25) is 0 Å². The normalized spacial score (nSPS) is 26.1. The third kappa shape index (κ3) is 2.08. The number of rotatable bonds is 3. The second-order valence-electron chi connectivity index (χ2n) is 4.82. The smallest absolute Gasteiger partial charge is 0.205 e. The van der Waals surface area contributed by atoms with Gasteiger partial charge in [-0.05, 0) is 19.3 Å². The Morgan fingerprint density at radius 2 is 2.37 bits per heavy atom. The van der Waals surface area contributed by atoms with Crippen LogP contribution in [-0.4, -0.2) is 42.4 Å². The minimum Gasteiger partial charge on any atom is -0.490 e. The van der Waals surface area contributed by atoms with Gasteiger partial charge in [-0.25, -0.2) is 15.8 Å². The first-order valence-electron chi connectivity index (χ1n) is 6.59. The van der Waals surface area contributed by atoms with Crippen molar-refractivity contribution in [1.29, 1.82) is 0 Å². The van der Waals surface area contributed by atoms with E-state index in [2.05, 4.69) is 20.3 Å². The number of hydrogen-bond acceptors (Lipinski definition) is 7. The Bertz CT molecular complexity index is 456. The Morgan fingerprint density at radius 3 is 3.16 bits per heavy atom. The number of ether oxygens (including phenoxy) is 2. The fourth-order valence-electron chi connectivity index (χ4n) is 3.05. The van der Waals surface area contributed by atoms with Gasteiger partial charge in [0.25, 0.3) is 0 Å². The molecule has 2 aliphatic rings. The molecule has 7 nitrogen and oxygen atoms in total. The Hall–Kier alpha value is -1.60. The van der Waals surface area contributed by atoms with Gasteiger partial charge in [0.2, 0.25) is 5.75 Å². The topological polar surface area (TPSA) is 85.5 Å². The van der Waals surface area contributed by atoms with E-state index in [9.17, 15) is 0 Å². The van der Waals surface area contributed by atoms with Crippen molar-refractivity contribution in [2.75, 3.05) is 30.6 Å².